The van der Waals surface area contributed by atoms with Gasteiger partial charge in [-0.15, -0.1) is 0 Å². The van der Waals surface area contributed by atoms with Crippen molar-refractivity contribution in [1.29, 1.82) is 0 Å². The molecule has 0 aliphatic rings. The number of rotatable bonds is 4. The van der Waals surface area contributed by atoms with Crippen LogP contribution in [0.25, 0.3) is 0 Å². The van der Waals surface area contributed by atoms with Gasteiger partial charge in [-0.2, -0.15) is 5.10 Å². The van der Waals surface area contributed by atoms with Gasteiger partial charge in [-0.3, -0.25) is 4.68 Å². The van der Waals surface area contributed by atoms with Crippen molar-refractivity contribution in [3.8, 4) is 0 Å². The highest BCUT2D eigenvalue weighted by atomic mass is 127. The van der Waals surface area contributed by atoms with E-state index in [2.05, 4.69) is 39.1 Å². The molecule has 1 unspecified atom stereocenters. The molecule has 0 bridgehead atoms. The summed E-state index contributed by atoms with van der Waals surface area (Å²) in [5, 5.41) is 9.18. The fourth-order valence-corrected chi connectivity index (χ4v) is 2.97. The van der Waals surface area contributed by atoms with Gasteiger partial charge in [0, 0.05) is 23.1 Å². The quantitative estimate of drug-likeness (QED) is 0.749. The summed E-state index contributed by atoms with van der Waals surface area (Å²) in [5.74, 6) is 0. The van der Waals surface area contributed by atoms with Crippen LogP contribution in [0.4, 0.5) is 0 Å². The highest BCUT2D eigenvalue weighted by Crippen LogP contribution is 2.28. The maximum atomic E-state index is 6.32. The molecule has 3 nitrogen and oxygen atoms in total. The molecule has 1 N–H and O–H groups in total. The number of nitrogens with zero attached hydrogens (tertiary/aromatic N) is 2. The predicted octanol–water partition coefficient (Wildman–Crippen LogP) is 4.14. The van der Waals surface area contributed by atoms with Gasteiger partial charge in [0.1, 0.15) is 0 Å². The number of nitrogens with one attached hydrogen (secondary N) is 1. The van der Waals surface area contributed by atoms with Crippen molar-refractivity contribution in [2.45, 2.75) is 19.4 Å². The molecule has 0 amide bonds. The molecule has 6 heteroatoms. The van der Waals surface area contributed by atoms with Gasteiger partial charge in [0.05, 0.1) is 21.4 Å². The fraction of sp³-hybridized carbons (Fsp3) is 0.357. The van der Waals surface area contributed by atoms with Gasteiger partial charge in [0.15, 0.2) is 0 Å². The van der Waals surface area contributed by atoms with Gasteiger partial charge < -0.3 is 5.32 Å². The number of likely N-dealkylation sites (N-methyl/N-ethyl adjacent to an activating group) is 1. The molecule has 0 spiro atoms. The van der Waals surface area contributed by atoms with Crippen molar-refractivity contribution in [1.82, 2.24) is 15.1 Å². The van der Waals surface area contributed by atoms with Crippen molar-refractivity contribution in [2.75, 3.05) is 7.05 Å². The lowest BCUT2D eigenvalue weighted by atomic mass is 10.0. The van der Waals surface area contributed by atoms with E-state index in [9.17, 15) is 0 Å². The molecular formula is C14H16Cl2IN3. The van der Waals surface area contributed by atoms with E-state index < -0.39 is 0 Å². The first-order valence-corrected chi connectivity index (χ1v) is 8.07. The summed E-state index contributed by atoms with van der Waals surface area (Å²) in [6.07, 6.45) is 0.767. The van der Waals surface area contributed by atoms with Gasteiger partial charge in [-0.1, -0.05) is 29.3 Å². The van der Waals surface area contributed by atoms with Crippen LogP contribution in [0.3, 0.4) is 0 Å². The minimum absolute atomic E-state index is 0.150. The van der Waals surface area contributed by atoms with E-state index in [-0.39, 0.29) is 6.04 Å². The SMILES string of the molecule is CNC(Cc1c(Cl)c(C)nn1C)c1ccc(I)c(Cl)c1. The molecule has 2 rings (SSSR count). The highest BCUT2D eigenvalue weighted by molar-refractivity contribution is 14.1. The minimum Gasteiger partial charge on any atom is -0.313 e. The van der Waals surface area contributed by atoms with E-state index in [1.807, 2.05) is 37.8 Å². The zero-order valence-electron chi connectivity index (χ0n) is 11.5. The number of aromatic nitrogens is 2. The summed E-state index contributed by atoms with van der Waals surface area (Å²) in [7, 11) is 3.86. The number of hydrogen-bond donors (Lipinski definition) is 1. The number of benzene rings is 1. The summed E-state index contributed by atoms with van der Waals surface area (Å²) in [6.45, 7) is 1.92. The Morgan fingerprint density at radius 3 is 2.60 bits per heavy atom. The van der Waals surface area contributed by atoms with Crippen LogP contribution in [0.2, 0.25) is 10.0 Å². The van der Waals surface area contributed by atoms with Gasteiger partial charge in [-0.25, -0.2) is 0 Å². The third-order valence-corrected chi connectivity index (χ3v) is 5.42. The van der Waals surface area contributed by atoms with Crippen LogP contribution < -0.4 is 5.32 Å². The van der Waals surface area contributed by atoms with E-state index in [4.69, 9.17) is 23.2 Å². The maximum absolute atomic E-state index is 6.32. The standard InChI is InChI=1S/C14H16Cl2IN3/c1-8-14(16)13(20(3)19-8)7-12(18-2)9-4-5-11(17)10(15)6-9/h4-6,12,18H,7H2,1-3H3. The zero-order valence-corrected chi connectivity index (χ0v) is 15.2. The Labute approximate surface area is 142 Å². The van der Waals surface area contributed by atoms with Crippen LogP contribution >= 0.6 is 45.8 Å². The molecule has 0 radical (unpaired) electrons. The van der Waals surface area contributed by atoms with Crippen LogP contribution in [0.5, 0.6) is 0 Å². The predicted molar refractivity (Wildman–Crippen MR) is 92.6 cm³/mol. The molecule has 1 atom stereocenters. The maximum Gasteiger partial charge on any atom is 0.0847 e. The number of hydrogen-bond acceptors (Lipinski definition) is 2. The molecule has 1 heterocycles. The lowest BCUT2D eigenvalue weighted by Crippen LogP contribution is -2.20. The van der Waals surface area contributed by atoms with Crippen LogP contribution in [0.15, 0.2) is 18.2 Å². The summed E-state index contributed by atoms with van der Waals surface area (Å²) in [6, 6.07) is 6.27. The average molecular weight is 424 g/mol. The van der Waals surface area contributed by atoms with E-state index in [1.54, 1.807) is 0 Å². The van der Waals surface area contributed by atoms with Crippen LogP contribution in [-0.2, 0) is 13.5 Å². The van der Waals surface area contributed by atoms with Gasteiger partial charge in [-0.05, 0) is 54.3 Å². The van der Waals surface area contributed by atoms with E-state index in [1.165, 1.54) is 0 Å². The lowest BCUT2D eigenvalue weighted by Gasteiger charge is -2.17. The normalized spacial score (nSPS) is 12.7. The zero-order chi connectivity index (χ0) is 14.9. The Bertz CT molecular complexity index is 625. The Morgan fingerprint density at radius 2 is 2.10 bits per heavy atom. The van der Waals surface area contributed by atoms with Crippen molar-refractivity contribution < 1.29 is 0 Å². The van der Waals surface area contributed by atoms with Gasteiger partial charge >= 0.3 is 0 Å². The molecule has 20 heavy (non-hydrogen) atoms. The Hall–Kier alpha value is -0.300. The largest absolute Gasteiger partial charge is 0.313 e. The van der Waals surface area contributed by atoms with Gasteiger partial charge in [0.2, 0.25) is 0 Å². The second-order valence-corrected chi connectivity index (χ2v) is 6.64. The van der Waals surface area contributed by atoms with Crippen molar-refractivity contribution in [3.63, 3.8) is 0 Å². The smallest absolute Gasteiger partial charge is 0.0847 e. The monoisotopic (exact) mass is 423 g/mol. The van der Waals surface area contributed by atoms with Crippen LogP contribution in [0, 0.1) is 10.5 Å². The summed E-state index contributed by atoms with van der Waals surface area (Å²) in [4.78, 5) is 0. The van der Waals surface area contributed by atoms with Crippen LogP contribution in [0.1, 0.15) is 23.0 Å². The minimum atomic E-state index is 0.150. The molecule has 1 aromatic heterocycles. The first-order chi connectivity index (χ1) is 9.43. The average Bonchev–Trinajstić information content (AvgIpc) is 2.65. The Morgan fingerprint density at radius 1 is 1.40 bits per heavy atom. The summed E-state index contributed by atoms with van der Waals surface area (Å²) >= 11 is 14.8. The number of aryl methyl sites for hydroxylation is 2. The van der Waals surface area contributed by atoms with Crippen LogP contribution in [-0.4, -0.2) is 16.8 Å². The Kier molecular flexibility index (Phi) is 5.34. The second kappa shape index (κ2) is 6.64. The first kappa shape index (κ1) is 16.1. The lowest BCUT2D eigenvalue weighted by molar-refractivity contribution is 0.561. The molecule has 0 aliphatic heterocycles. The topological polar surface area (TPSA) is 29.9 Å². The summed E-state index contributed by atoms with van der Waals surface area (Å²) < 4.78 is 2.90. The molecule has 0 aliphatic carbocycles. The fourth-order valence-electron chi connectivity index (χ4n) is 2.21. The van der Waals surface area contributed by atoms with E-state index in [0.29, 0.717) is 0 Å². The van der Waals surface area contributed by atoms with Crippen molar-refractivity contribution in [2.24, 2.45) is 7.05 Å². The first-order valence-electron chi connectivity index (χ1n) is 6.24. The highest BCUT2D eigenvalue weighted by Gasteiger charge is 2.18. The molecule has 0 saturated heterocycles. The van der Waals surface area contributed by atoms with E-state index in [0.717, 1.165) is 37.0 Å². The molecule has 0 saturated carbocycles. The molecule has 1 aromatic carbocycles. The van der Waals surface area contributed by atoms with Crippen molar-refractivity contribution >= 4 is 45.8 Å². The molecule has 2 aromatic rings. The third-order valence-electron chi connectivity index (χ3n) is 3.35. The number of halogens is 3. The van der Waals surface area contributed by atoms with Gasteiger partial charge in [0.25, 0.3) is 0 Å². The van der Waals surface area contributed by atoms with E-state index >= 15 is 0 Å². The Balaban J connectivity index is 2.31. The molecule has 108 valence electrons. The van der Waals surface area contributed by atoms with Crippen molar-refractivity contribution in [3.05, 3.63) is 48.8 Å². The second-order valence-electron chi connectivity index (χ2n) is 4.69. The summed E-state index contributed by atoms with van der Waals surface area (Å²) in [5.41, 5.74) is 3.03. The molecular weight excluding hydrogens is 408 g/mol. The molecule has 0 fully saturated rings. The third kappa shape index (κ3) is 3.30.